The SMILES string of the molecule is CC(C)(C)OC(=O)Nc1ccc(-c2cc(/C=C3/CN4CCC3C4)on2)cc1. The number of benzene rings is 1. The van der Waals surface area contributed by atoms with Gasteiger partial charge in [0.05, 0.1) is 0 Å². The third-order valence-electron chi connectivity index (χ3n) is 4.88. The Hall–Kier alpha value is -2.60. The number of anilines is 1. The Balaban J connectivity index is 1.42. The second-order valence-electron chi connectivity index (χ2n) is 8.26. The normalized spacial score (nSPS) is 23.0. The van der Waals surface area contributed by atoms with Crippen molar-refractivity contribution in [3.05, 3.63) is 41.7 Å². The molecule has 1 aromatic heterocycles. The van der Waals surface area contributed by atoms with Crippen LogP contribution in [0.15, 0.2) is 40.4 Å². The van der Waals surface area contributed by atoms with Gasteiger partial charge in [0.15, 0.2) is 5.76 Å². The number of carbonyl (C=O) groups excluding carboxylic acids is 1. The Kier molecular flexibility index (Phi) is 4.52. The highest BCUT2D eigenvalue weighted by molar-refractivity contribution is 5.85. The second kappa shape index (κ2) is 6.85. The van der Waals surface area contributed by atoms with E-state index in [-0.39, 0.29) is 0 Å². The van der Waals surface area contributed by atoms with Crippen LogP contribution >= 0.6 is 0 Å². The number of amides is 1. The predicted octanol–water partition coefficient (Wildman–Crippen LogP) is 4.41. The number of rotatable bonds is 3. The molecule has 142 valence electrons. The average Bonchev–Trinajstić information content (AvgIpc) is 3.31. The number of nitrogens with zero attached hydrogens (tertiary/aromatic N) is 2. The van der Waals surface area contributed by atoms with Crippen LogP contribution in [-0.2, 0) is 4.74 Å². The highest BCUT2D eigenvalue weighted by Crippen LogP contribution is 2.34. The number of nitrogens with one attached hydrogen (secondary N) is 1. The minimum atomic E-state index is -0.522. The fourth-order valence-corrected chi connectivity index (χ4v) is 3.65. The van der Waals surface area contributed by atoms with Crippen molar-refractivity contribution in [3.63, 3.8) is 0 Å². The van der Waals surface area contributed by atoms with Crippen LogP contribution in [0, 0.1) is 5.92 Å². The molecule has 1 aromatic carbocycles. The molecule has 2 saturated heterocycles. The van der Waals surface area contributed by atoms with Gasteiger partial charge in [-0.05, 0) is 63.4 Å². The summed E-state index contributed by atoms with van der Waals surface area (Å²) in [6.07, 6.45) is 2.92. The van der Waals surface area contributed by atoms with Gasteiger partial charge in [-0.2, -0.15) is 0 Å². The number of piperidine rings is 1. The third kappa shape index (κ3) is 4.22. The number of fused-ring (bicyclic) bond motifs is 2. The molecule has 2 unspecified atom stereocenters. The molecule has 2 bridgehead atoms. The lowest BCUT2D eigenvalue weighted by molar-refractivity contribution is 0.0636. The van der Waals surface area contributed by atoms with Crippen LogP contribution in [0.1, 0.15) is 33.0 Å². The van der Waals surface area contributed by atoms with Crippen molar-refractivity contribution in [1.82, 2.24) is 10.1 Å². The third-order valence-corrected chi connectivity index (χ3v) is 4.88. The van der Waals surface area contributed by atoms with Gasteiger partial charge >= 0.3 is 6.09 Å². The molecule has 2 atom stereocenters. The standard InChI is InChI=1S/C21H25N3O3/c1-21(2,3)26-20(25)22-17-6-4-14(5-7-17)19-11-18(27-23-19)10-16-13-24-9-8-15(16)12-24/h4-7,10-11,15H,8-9,12-13H2,1-3H3,(H,22,25)/b16-10-. The van der Waals surface area contributed by atoms with E-state index in [0.29, 0.717) is 11.6 Å². The monoisotopic (exact) mass is 367 g/mol. The van der Waals surface area contributed by atoms with Crippen molar-refractivity contribution >= 4 is 17.9 Å². The molecule has 2 aliphatic rings. The average molecular weight is 367 g/mol. The number of ether oxygens (including phenoxy) is 1. The summed E-state index contributed by atoms with van der Waals surface area (Å²) in [5, 5.41) is 6.91. The zero-order valence-electron chi connectivity index (χ0n) is 16.0. The molecule has 1 N–H and O–H groups in total. The van der Waals surface area contributed by atoms with Gasteiger partial charge in [0.25, 0.3) is 0 Å². The van der Waals surface area contributed by atoms with Gasteiger partial charge in [-0.1, -0.05) is 17.3 Å². The molecule has 0 aliphatic carbocycles. The minimum Gasteiger partial charge on any atom is -0.444 e. The summed E-state index contributed by atoms with van der Waals surface area (Å²) < 4.78 is 10.8. The molecule has 3 heterocycles. The molecule has 2 aliphatic heterocycles. The van der Waals surface area contributed by atoms with Crippen molar-refractivity contribution in [1.29, 1.82) is 0 Å². The Morgan fingerprint density at radius 1 is 1.33 bits per heavy atom. The van der Waals surface area contributed by atoms with Crippen LogP contribution in [0.4, 0.5) is 10.5 Å². The zero-order valence-corrected chi connectivity index (χ0v) is 16.0. The van der Waals surface area contributed by atoms with E-state index in [1.165, 1.54) is 25.1 Å². The highest BCUT2D eigenvalue weighted by atomic mass is 16.6. The van der Waals surface area contributed by atoms with Crippen molar-refractivity contribution in [2.75, 3.05) is 25.0 Å². The molecular formula is C21H25N3O3. The summed E-state index contributed by atoms with van der Waals surface area (Å²) in [6, 6.07) is 9.44. The fraction of sp³-hybridized carbons (Fsp3) is 0.429. The van der Waals surface area contributed by atoms with E-state index in [1.807, 2.05) is 51.1 Å². The van der Waals surface area contributed by atoms with E-state index in [2.05, 4.69) is 21.4 Å². The first-order valence-electron chi connectivity index (χ1n) is 9.36. The molecule has 6 nitrogen and oxygen atoms in total. The van der Waals surface area contributed by atoms with Crippen molar-refractivity contribution in [3.8, 4) is 11.3 Å². The summed E-state index contributed by atoms with van der Waals surface area (Å²) in [5.74, 6) is 1.47. The Morgan fingerprint density at radius 2 is 2.11 bits per heavy atom. The summed E-state index contributed by atoms with van der Waals surface area (Å²) in [7, 11) is 0. The van der Waals surface area contributed by atoms with E-state index < -0.39 is 11.7 Å². The maximum atomic E-state index is 11.8. The Morgan fingerprint density at radius 3 is 2.74 bits per heavy atom. The first kappa shape index (κ1) is 17.8. The molecule has 1 amide bonds. The first-order valence-corrected chi connectivity index (χ1v) is 9.36. The quantitative estimate of drug-likeness (QED) is 0.870. The number of carbonyl (C=O) groups is 1. The van der Waals surface area contributed by atoms with Crippen LogP contribution < -0.4 is 5.32 Å². The lowest BCUT2D eigenvalue weighted by atomic mass is 9.98. The van der Waals surface area contributed by atoms with Gasteiger partial charge in [-0.3, -0.25) is 10.2 Å². The summed E-state index contributed by atoms with van der Waals surface area (Å²) in [6.45, 7) is 8.95. The topological polar surface area (TPSA) is 67.6 Å². The molecular weight excluding hydrogens is 342 g/mol. The molecule has 4 rings (SSSR count). The van der Waals surface area contributed by atoms with Gasteiger partial charge < -0.3 is 9.26 Å². The lowest BCUT2D eigenvalue weighted by Gasteiger charge is -2.19. The van der Waals surface area contributed by atoms with Gasteiger partial charge in [0, 0.05) is 30.4 Å². The van der Waals surface area contributed by atoms with E-state index in [9.17, 15) is 4.79 Å². The predicted molar refractivity (Wildman–Crippen MR) is 104 cm³/mol. The molecule has 0 spiro atoms. The zero-order chi connectivity index (χ0) is 19.0. The first-order chi connectivity index (χ1) is 12.9. The molecule has 2 aromatic rings. The van der Waals surface area contributed by atoms with Gasteiger partial charge in [-0.15, -0.1) is 0 Å². The molecule has 6 heteroatoms. The maximum Gasteiger partial charge on any atom is 0.412 e. The van der Waals surface area contributed by atoms with Gasteiger partial charge in [0.1, 0.15) is 11.3 Å². The van der Waals surface area contributed by atoms with E-state index in [1.54, 1.807) is 0 Å². The summed E-state index contributed by atoms with van der Waals surface area (Å²) >= 11 is 0. The van der Waals surface area contributed by atoms with Crippen LogP contribution in [0.2, 0.25) is 0 Å². The molecule has 2 fully saturated rings. The number of aromatic nitrogens is 1. The Labute approximate surface area is 159 Å². The molecule has 0 radical (unpaired) electrons. The van der Waals surface area contributed by atoms with Crippen molar-refractivity contribution < 1.29 is 14.1 Å². The second-order valence-corrected chi connectivity index (χ2v) is 8.26. The van der Waals surface area contributed by atoms with E-state index in [4.69, 9.17) is 9.26 Å². The van der Waals surface area contributed by atoms with Crippen molar-refractivity contribution in [2.45, 2.75) is 32.8 Å². The van der Waals surface area contributed by atoms with E-state index in [0.717, 1.165) is 23.6 Å². The largest absolute Gasteiger partial charge is 0.444 e. The molecule has 27 heavy (non-hydrogen) atoms. The summed E-state index contributed by atoms with van der Waals surface area (Å²) in [4.78, 5) is 14.3. The summed E-state index contributed by atoms with van der Waals surface area (Å²) in [5.41, 5.74) is 3.32. The minimum absolute atomic E-state index is 0.466. The van der Waals surface area contributed by atoms with Gasteiger partial charge in [0.2, 0.25) is 0 Å². The van der Waals surface area contributed by atoms with Crippen LogP contribution in [-0.4, -0.2) is 41.4 Å². The van der Waals surface area contributed by atoms with Gasteiger partial charge in [-0.25, -0.2) is 4.79 Å². The van der Waals surface area contributed by atoms with Crippen LogP contribution in [0.3, 0.4) is 0 Å². The number of hydrogen-bond donors (Lipinski definition) is 1. The Bertz CT molecular complexity index is 862. The number of hydrogen-bond acceptors (Lipinski definition) is 5. The van der Waals surface area contributed by atoms with Crippen LogP contribution in [0.5, 0.6) is 0 Å². The lowest BCUT2D eigenvalue weighted by Crippen LogP contribution is -2.27. The maximum absolute atomic E-state index is 11.8. The fourth-order valence-electron chi connectivity index (χ4n) is 3.65. The van der Waals surface area contributed by atoms with Crippen LogP contribution in [0.25, 0.3) is 17.3 Å². The van der Waals surface area contributed by atoms with E-state index >= 15 is 0 Å². The highest BCUT2D eigenvalue weighted by Gasteiger charge is 2.33. The molecule has 0 saturated carbocycles. The smallest absolute Gasteiger partial charge is 0.412 e. The van der Waals surface area contributed by atoms with Crippen molar-refractivity contribution in [2.24, 2.45) is 5.92 Å².